The van der Waals surface area contributed by atoms with Crippen molar-refractivity contribution in [1.29, 1.82) is 0 Å². The van der Waals surface area contributed by atoms with Gasteiger partial charge in [0.25, 0.3) is 0 Å². The summed E-state index contributed by atoms with van der Waals surface area (Å²) in [5, 5.41) is 3.48. The molecule has 0 amide bonds. The maximum atomic E-state index is 3.48. The third kappa shape index (κ3) is 3.10. The van der Waals surface area contributed by atoms with Gasteiger partial charge in [-0.15, -0.1) is 0 Å². The van der Waals surface area contributed by atoms with Crippen LogP contribution in [-0.2, 0) is 0 Å². The van der Waals surface area contributed by atoms with Gasteiger partial charge in [0.1, 0.15) is 0 Å². The summed E-state index contributed by atoms with van der Waals surface area (Å²) in [6, 6.07) is 31.1. The highest BCUT2D eigenvalue weighted by Crippen LogP contribution is 2.28. The topological polar surface area (TPSA) is 12.0 Å². The second-order valence-electron chi connectivity index (χ2n) is 5.86. The van der Waals surface area contributed by atoms with Crippen molar-refractivity contribution in [2.45, 2.75) is 12.8 Å². The molecule has 0 fully saturated rings. The molecule has 1 N–H and O–H groups in total. The molecule has 3 aromatic carbocycles. The largest absolute Gasteiger partial charge is 0.352 e. The number of hydrogen-bond donors (Lipinski definition) is 1. The maximum absolute atomic E-state index is 3.48. The van der Waals surface area contributed by atoms with Gasteiger partial charge in [0, 0.05) is 16.8 Å². The molecule has 4 rings (SSSR count). The van der Waals surface area contributed by atoms with Crippen LogP contribution in [0.4, 0.5) is 5.69 Å². The van der Waals surface area contributed by atoms with Crippen LogP contribution in [0.5, 0.6) is 0 Å². The van der Waals surface area contributed by atoms with Crippen LogP contribution in [0.3, 0.4) is 0 Å². The molecule has 0 aliphatic heterocycles. The molecule has 0 spiro atoms. The summed E-state index contributed by atoms with van der Waals surface area (Å²) < 4.78 is 0. The van der Waals surface area contributed by atoms with Gasteiger partial charge >= 0.3 is 0 Å². The third-order valence-electron chi connectivity index (χ3n) is 4.19. The molecule has 24 heavy (non-hydrogen) atoms. The molecule has 114 valence electrons. The first-order valence-corrected chi connectivity index (χ1v) is 8.18. The van der Waals surface area contributed by atoms with Crippen molar-refractivity contribution in [1.82, 2.24) is 0 Å². The molecule has 1 heteroatoms. The van der Waals surface area contributed by atoms with Crippen LogP contribution in [-0.4, -0.2) is 0 Å². The fourth-order valence-electron chi connectivity index (χ4n) is 2.93. The van der Waals surface area contributed by atoms with E-state index in [1.54, 1.807) is 0 Å². The average molecular weight is 307 g/mol. The fourth-order valence-corrected chi connectivity index (χ4v) is 2.93. The van der Waals surface area contributed by atoms with E-state index in [4.69, 9.17) is 0 Å². The van der Waals surface area contributed by atoms with E-state index in [0.29, 0.717) is 0 Å². The molecule has 3 aromatic rings. The van der Waals surface area contributed by atoms with Gasteiger partial charge in [-0.3, -0.25) is 0 Å². The van der Waals surface area contributed by atoms with E-state index in [9.17, 15) is 0 Å². The summed E-state index contributed by atoms with van der Waals surface area (Å²) >= 11 is 0. The number of rotatable bonds is 4. The lowest BCUT2D eigenvalue weighted by Crippen LogP contribution is -1.95. The second kappa shape index (κ2) is 6.50. The highest BCUT2D eigenvalue weighted by molar-refractivity contribution is 5.69. The second-order valence-corrected chi connectivity index (χ2v) is 5.86. The van der Waals surface area contributed by atoms with Crippen LogP contribution in [0, 0.1) is 12.1 Å². The van der Waals surface area contributed by atoms with Crippen molar-refractivity contribution in [3.63, 3.8) is 0 Å². The smallest absolute Gasteiger partial charge is 0.0588 e. The van der Waals surface area contributed by atoms with Gasteiger partial charge < -0.3 is 5.32 Å². The van der Waals surface area contributed by atoms with Gasteiger partial charge in [0.05, 0.1) is 5.70 Å². The Labute approximate surface area is 143 Å². The van der Waals surface area contributed by atoms with Crippen molar-refractivity contribution in [3.05, 3.63) is 102 Å². The standard InChI is InChI=1S/C23H17N/c1-3-7-18(8-4-1)20-11-14-22(15-12-20)24-23-16-13-21(17-23)19-9-5-2-6-10-19/h1-5,7-9,11-12,14-15,24H,13,16H2. The fraction of sp³-hybridized carbons (Fsp3) is 0.0870. The van der Waals surface area contributed by atoms with Gasteiger partial charge in [-0.1, -0.05) is 66.4 Å². The Balaban J connectivity index is 1.53. The van der Waals surface area contributed by atoms with Crippen molar-refractivity contribution in [3.8, 4) is 11.1 Å². The first-order chi connectivity index (χ1) is 11.9. The predicted molar refractivity (Wildman–Crippen MR) is 99.3 cm³/mol. The third-order valence-corrected chi connectivity index (χ3v) is 4.19. The van der Waals surface area contributed by atoms with Gasteiger partial charge in [-0.2, -0.15) is 0 Å². The Kier molecular flexibility index (Phi) is 3.90. The Morgan fingerprint density at radius 1 is 0.750 bits per heavy atom. The van der Waals surface area contributed by atoms with Gasteiger partial charge in [-0.05, 0) is 48.2 Å². The van der Waals surface area contributed by atoms with E-state index in [0.717, 1.165) is 29.8 Å². The number of hydrogen-bond acceptors (Lipinski definition) is 1. The highest BCUT2D eigenvalue weighted by Gasteiger charge is 2.10. The van der Waals surface area contributed by atoms with Gasteiger partial charge in [0.15, 0.2) is 0 Å². The maximum Gasteiger partial charge on any atom is 0.0588 e. The number of allylic oxidation sites excluding steroid dienone is 1. The minimum atomic E-state index is 0.985. The quantitative estimate of drug-likeness (QED) is 0.607. The Hall–Kier alpha value is -3.20. The number of nitrogens with one attached hydrogen (secondary N) is 1. The molecule has 1 nitrogen and oxygen atoms in total. The Bertz CT molecular complexity index is 884. The van der Waals surface area contributed by atoms with Gasteiger partial charge in [0.2, 0.25) is 0 Å². The van der Waals surface area contributed by atoms with Crippen LogP contribution in [0.1, 0.15) is 18.4 Å². The molecule has 0 bridgehead atoms. The minimum absolute atomic E-state index is 0.985. The van der Waals surface area contributed by atoms with Crippen molar-refractivity contribution >= 4 is 11.3 Å². The Morgan fingerprint density at radius 3 is 2.29 bits per heavy atom. The number of benzene rings is 2. The highest BCUT2D eigenvalue weighted by atomic mass is 14.9. The lowest BCUT2D eigenvalue weighted by Gasteiger charge is -2.07. The summed E-state index contributed by atoms with van der Waals surface area (Å²) in [4.78, 5) is 0. The van der Waals surface area contributed by atoms with Crippen LogP contribution >= 0.6 is 0 Å². The zero-order valence-corrected chi connectivity index (χ0v) is 13.3. The van der Waals surface area contributed by atoms with Crippen molar-refractivity contribution < 1.29 is 0 Å². The zero-order valence-electron chi connectivity index (χ0n) is 13.3. The average Bonchev–Trinajstić information content (AvgIpc) is 3.12. The zero-order chi connectivity index (χ0) is 16.2. The molecule has 0 saturated carbocycles. The molecule has 0 atom stereocenters. The summed E-state index contributed by atoms with van der Waals surface area (Å²) in [5.74, 6) is 0. The van der Waals surface area contributed by atoms with E-state index >= 15 is 0 Å². The van der Waals surface area contributed by atoms with Crippen LogP contribution in [0.25, 0.3) is 16.7 Å². The summed E-state index contributed by atoms with van der Waals surface area (Å²) in [7, 11) is 0. The molecule has 0 radical (unpaired) electrons. The molecule has 0 saturated heterocycles. The van der Waals surface area contributed by atoms with Crippen molar-refractivity contribution in [2.24, 2.45) is 0 Å². The first-order valence-electron chi connectivity index (χ1n) is 8.18. The monoisotopic (exact) mass is 307 g/mol. The van der Waals surface area contributed by atoms with E-state index in [2.05, 4.69) is 77.8 Å². The van der Waals surface area contributed by atoms with E-state index < -0.39 is 0 Å². The van der Waals surface area contributed by atoms with Gasteiger partial charge in [-0.25, -0.2) is 0 Å². The SMILES string of the molecule is C1=C(Nc2ccc(-c3ccccc3)cc2)CCC=1c1c#cccc1. The first kappa shape index (κ1) is 14.4. The van der Waals surface area contributed by atoms with Crippen LogP contribution in [0.15, 0.2) is 84.2 Å². The molecule has 0 heterocycles. The summed E-state index contributed by atoms with van der Waals surface area (Å²) in [6.45, 7) is 0. The van der Waals surface area contributed by atoms with Crippen molar-refractivity contribution in [2.75, 3.05) is 5.32 Å². The van der Waals surface area contributed by atoms with E-state index in [1.807, 2.05) is 18.2 Å². The van der Waals surface area contributed by atoms with E-state index in [-0.39, 0.29) is 0 Å². The minimum Gasteiger partial charge on any atom is -0.352 e. The lowest BCUT2D eigenvalue weighted by molar-refractivity contribution is 1.04. The normalized spacial score (nSPS) is 13.0. The summed E-state index contributed by atoms with van der Waals surface area (Å²) in [6.07, 6.45) is 1.98. The Morgan fingerprint density at radius 2 is 1.54 bits per heavy atom. The van der Waals surface area contributed by atoms with Crippen LogP contribution < -0.4 is 5.32 Å². The van der Waals surface area contributed by atoms with Crippen LogP contribution in [0.2, 0.25) is 0 Å². The molecule has 1 aliphatic carbocycles. The van der Waals surface area contributed by atoms with E-state index in [1.165, 1.54) is 16.7 Å². The number of anilines is 1. The molecular weight excluding hydrogens is 290 g/mol. The predicted octanol–water partition coefficient (Wildman–Crippen LogP) is 5.73. The summed E-state index contributed by atoms with van der Waals surface area (Å²) in [5.41, 5.74) is 10.5. The molecule has 1 aliphatic rings. The lowest BCUT2D eigenvalue weighted by atomic mass is 10.1. The molecular formula is C23H17N. The molecule has 0 unspecified atom stereocenters. The molecule has 0 aromatic heterocycles.